The first-order valence-electron chi connectivity index (χ1n) is 11.1. The number of ether oxygens (including phenoxy) is 4. The number of carbonyl (C=O) groups excluding carboxylic acids is 3. The highest BCUT2D eigenvalue weighted by molar-refractivity contribution is 6.09. The highest BCUT2D eigenvalue weighted by Crippen LogP contribution is 2.67. The van der Waals surface area contributed by atoms with Gasteiger partial charge in [0, 0.05) is 42.1 Å². The molecule has 3 aromatic rings. The number of benzene rings is 1. The van der Waals surface area contributed by atoms with Gasteiger partial charge in [0.05, 0.1) is 32.5 Å². The average molecular weight is 477 g/mol. The number of H-pyrrole nitrogens is 2. The molecule has 1 aromatic carbocycles. The van der Waals surface area contributed by atoms with Crippen LogP contribution in [0, 0.1) is 5.92 Å². The monoisotopic (exact) mass is 477 g/mol. The second-order valence-electron chi connectivity index (χ2n) is 8.99. The van der Waals surface area contributed by atoms with Crippen LogP contribution in [-0.2, 0) is 10.2 Å². The summed E-state index contributed by atoms with van der Waals surface area (Å²) in [6, 6.07) is 5.23. The topological polar surface area (TPSA) is 123 Å². The first-order valence-corrected chi connectivity index (χ1v) is 11.1. The number of allylic oxidation sites excluding steroid dienone is 2. The maximum atomic E-state index is 13.7. The maximum Gasteiger partial charge on any atom is 0.309 e. The van der Waals surface area contributed by atoms with Crippen molar-refractivity contribution < 1.29 is 33.3 Å². The fourth-order valence-electron chi connectivity index (χ4n) is 5.68. The number of nitrogens with one attached hydrogen (secondary N) is 2. The predicted molar refractivity (Wildman–Crippen MR) is 123 cm³/mol. The predicted octanol–water partition coefficient (Wildman–Crippen LogP) is 2.94. The van der Waals surface area contributed by atoms with Gasteiger partial charge in [0.1, 0.15) is 5.69 Å². The summed E-state index contributed by atoms with van der Waals surface area (Å²) in [5, 5.41) is 0.731. The molecule has 2 aliphatic carbocycles. The van der Waals surface area contributed by atoms with E-state index in [1.807, 2.05) is 0 Å². The summed E-state index contributed by atoms with van der Waals surface area (Å²) in [4.78, 5) is 45.8. The Hall–Kier alpha value is -4.21. The number of aromatic amines is 2. The van der Waals surface area contributed by atoms with E-state index >= 15 is 0 Å². The van der Waals surface area contributed by atoms with E-state index in [-0.39, 0.29) is 23.5 Å². The van der Waals surface area contributed by atoms with Crippen molar-refractivity contribution in [1.82, 2.24) is 14.9 Å². The van der Waals surface area contributed by atoms with Crippen LogP contribution < -0.4 is 18.9 Å². The number of nitrogens with zero attached hydrogens (tertiary/aromatic N) is 1. The van der Waals surface area contributed by atoms with Gasteiger partial charge in [0.15, 0.2) is 11.5 Å². The Bertz CT molecular complexity index is 1480. The first kappa shape index (κ1) is 21.3. The van der Waals surface area contributed by atoms with Crippen LogP contribution in [0.4, 0.5) is 0 Å². The molecule has 1 aliphatic heterocycles. The molecule has 1 spiro atoms. The molecule has 10 nitrogen and oxygen atoms in total. The molecule has 2 aromatic heterocycles. The number of methoxy groups -OCH3 is 3. The number of piperidine rings is 1. The van der Waals surface area contributed by atoms with Gasteiger partial charge >= 0.3 is 5.97 Å². The number of fused-ring (bicyclic) bond motifs is 2. The van der Waals surface area contributed by atoms with E-state index < -0.39 is 11.4 Å². The first-order chi connectivity index (χ1) is 16.8. The second-order valence-corrected chi connectivity index (χ2v) is 8.99. The zero-order valence-electron chi connectivity index (χ0n) is 19.6. The highest BCUT2D eigenvalue weighted by Gasteiger charge is 2.68. The second kappa shape index (κ2) is 7.14. The van der Waals surface area contributed by atoms with Crippen LogP contribution in [0.25, 0.3) is 10.9 Å². The van der Waals surface area contributed by atoms with Gasteiger partial charge < -0.3 is 33.8 Å². The minimum absolute atomic E-state index is 0.185. The molecule has 1 unspecified atom stereocenters. The molecule has 1 amide bonds. The quantitative estimate of drug-likeness (QED) is 0.542. The molecule has 0 bridgehead atoms. The minimum Gasteiger partial charge on any atom is -0.493 e. The van der Waals surface area contributed by atoms with Gasteiger partial charge in [0.25, 0.3) is 5.91 Å². The van der Waals surface area contributed by atoms with E-state index in [2.05, 4.69) is 9.97 Å². The van der Waals surface area contributed by atoms with Crippen molar-refractivity contribution in [2.24, 2.45) is 5.92 Å². The van der Waals surface area contributed by atoms with Gasteiger partial charge in [-0.15, -0.1) is 0 Å². The highest BCUT2D eigenvalue weighted by atomic mass is 16.5. The summed E-state index contributed by atoms with van der Waals surface area (Å²) >= 11 is 0. The van der Waals surface area contributed by atoms with Crippen molar-refractivity contribution in [2.45, 2.75) is 18.8 Å². The molecule has 35 heavy (non-hydrogen) atoms. The van der Waals surface area contributed by atoms with E-state index in [1.165, 1.54) is 34.3 Å². The van der Waals surface area contributed by atoms with Crippen molar-refractivity contribution in [2.75, 3.05) is 27.9 Å². The van der Waals surface area contributed by atoms with Crippen molar-refractivity contribution in [3.8, 4) is 23.1 Å². The summed E-state index contributed by atoms with van der Waals surface area (Å²) < 4.78 is 21.6. The Morgan fingerprint density at radius 3 is 2.51 bits per heavy atom. The van der Waals surface area contributed by atoms with Gasteiger partial charge in [-0.1, -0.05) is 0 Å². The van der Waals surface area contributed by atoms with E-state index in [9.17, 15) is 14.4 Å². The Morgan fingerprint density at radius 2 is 1.83 bits per heavy atom. The van der Waals surface area contributed by atoms with E-state index in [0.717, 1.165) is 17.4 Å². The number of esters is 1. The summed E-state index contributed by atoms with van der Waals surface area (Å²) in [5.74, 6) is 0.798. The fraction of sp³-hybridized carbons (Fsp3) is 0.320. The molecule has 6 rings (SSSR count). The smallest absolute Gasteiger partial charge is 0.309 e. The number of amides is 1. The molecule has 1 saturated carbocycles. The van der Waals surface area contributed by atoms with Crippen LogP contribution in [-0.4, -0.2) is 60.4 Å². The number of hydrogen-bond acceptors (Lipinski definition) is 7. The Kier molecular flexibility index (Phi) is 4.35. The third-order valence-electron chi connectivity index (χ3n) is 7.19. The van der Waals surface area contributed by atoms with E-state index in [0.29, 0.717) is 46.4 Å². The van der Waals surface area contributed by atoms with Gasteiger partial charge in [-0.2, -0.15) is 0 Å². The summed E-state index contributed by atoms with van der Waals surface area (Å²) in [6.07, 6.45) is 2.35. The lowest BCUT2D eigenvalue weighted by Gasteiger charge is -2.27. The van der Waals surface area contributed by atoms with Gasteiger partial charge in [0.2, 0.25) is 17.4 Å². The molecular formula is C25H23N3O7. The third kappa shape index (κ3) is 2.79. The molecule has 3 heterocycles. The fourth-order valence-corrected chi connectivity index (χ4v) is 5.68. The Labute approximate surface area is 199 Å². The number of rotatable bonds is 5. The molecule has 0 radical (unpaired) electrons. The molecule has 10 heteroatoms. The van der Waals surface area contributed by atoms with Crippen molar-refractivity contribution in [3.05, 3.63) is 46.9 Å². The molecule has 1 saturated heterocycles. The van der Waals surface area contributed by atoms with Crippen LogP contribution in [0.1, 0.15) is 39.9 Å². The van der Waals surface area contributed by atoms with Crippen molar-refractivity contribution in [3.63, 3.8) is 0 Å². The van der Waals surface area contributed by atoms with Crippen molar-refractivity contribution >= 4 is 28.6 Å². The largest absolute Gasteiger partial charge is 0.493 e. The number of likely N-dealkylation sites (tertiary alicyclic amines) is 1. The van der Waals surface area contributed by atoms with E-state index in [1.54, 1.807) is 23.1 Å². The minimum atomic E-state index is -0.472. The van der Waals surface area contributed by atoms with Gasteiger partial charge in [-0.3, -0.25) is 14.4 Å². The van der Waals surface area contributed by atoms with Gasteiger partial charge in [-0.05, 0) is 30.0 Å². The molecule has 2 fully saturated rings. The molecule has 3 aliphatic rings. The molecule has 2 N–H and O–H groups in total. The van der Waals surface area contributed by atoms with Crippen LogP contribution in [0.5, 0.6) is 23.1 Å². The third-order valence-corrected chi connectivity index (χ3v) is 7.19. The number of ketones is 1. The lowest BCUT2D eigenvalue weighted by Crippen LogP contribution is -2.33. The average Bonchev–Trinajstić information content (AvgIpc) is 3.14. The molecule has 180 valence electrons. The zero-order chi connectivity index (χ0) is 24.6. The lowest BCUT2D eigenvalue weighted by molar-refractivity contribution is -0.132. The molecule has 2 atom stereocenters. The standard InChI is InChI=1S/C25H23N3O7/c1-11(29)35-19-7-14-21(27-19)16(30)8-18-25(14)9-13(25)10-28(18)24(31)15-5-12-6-17(32-2)22(33-3)23(34-4)20(12)26-15/h5-8,13,26-27H,9-10H2,1-4H3/t13?,25-/m1/s1. The van der Waals surface area contributed by atoms with Crippen LogP contribution in [0.2, 0.25) is 0 Å². The Morgan fingerprint density at radius 1 is 1.06 bits per heavy atom. The number of aromatic nitrogens is 2. The van der Waals surface area contributed by atoms with Crippen molar-refractivity contribution in [1.29, 1.82) is 0 Å². The lowest BCUT2D eigenvalue weighted by atomic mass is 9.85. The summed E-state index contributed by atoms with van der Waals surface area (Å²) in [6.45, 7) is 1.80. The van der Waals surface area contributed by atoms with E-state index in [4.69, 9.17) is 18.9 Å². The summed E-state index contributed by atoms with van der Waals surface area (Å²) in [7, 11) is 4.58. The summed E-state index contributed by atoms with van der Waals surface area (Å²) in [5.41, 5.74) is 2.42. The van der Waals surface area contributed by atoms with Crippen LogP contribution >= 0.6 is 0 Å². The number of hydrogen-bond donors (Lipinski definition) is 2. The maximum absolute atomic E-state index is 13.7. The Balaban J connectivity index is 1.39. The van der Waals surface area contributed by atoms with Gasteiger partial charge in [-0.25, -0.2) is 0 Å². The zero-order valence-corrected chi connectivity index (χ0v) is 19.6. The molecular weight excluding hydrogens is 454 g/mol. The van der Waals surface area contributed by atoms with Crippen LogP contribution in [0.15, 0.2) is 30.0 Å². The van der Waals surface area contributed by atoms with Crippen LogP contribution in [0.3, 0.4) is 0 Å². The SMILES string of the molecule is COc1cc2cc(C(=O)N3CC4C[C@@]45C3=CC(=O)c3[nH]c(OC(C)=O)cc35)[nH]c2c(OC)c1OC. The number of carbonyl (C=O) groups is 3. The normalized spacial score (nSPS) is 21.7.